The molecule has 0 aliphatic carbocycles. The summed E-state index contributed by atoms with van der Waals surface area (Å²) >= 11 is 0. The van der Waals surface area contributed by atoms with Gasteiger partial charge in [0.15, 0.2) is 0 Å². The molecule has 2 rings (SSSR count). The first-order valence-corrected chi connectivity index (χ1v) is 7.44. The van der Waals surface area contributed by atoms with Gasteiger partial charge >= 0.3 is 0 Å². The van der Waals surface area contributed by atoms with Crippen molar-refractivity contribution in [1.29, 1.82) is 0 Å². The number of nitrogens with one attached hydrogen (secondary N) is 1. The SMILES string of the molecule is CC(C)(CCO)CNCc1ccc2c(c1)CC(C)(C)O2. The second-order valence-corrected chi connectivity index (χ2v) is 7.22. The molecule has 0 spiro atoms. The fourth-order valence-corrected chi connectivity index (χ4v) is 2.71. The van der Waals surface area contributed by atoms with Crippen LogP contribution in [-0.4, -0.2) is 23.9 Å². The van der Waals surface area contributed by atoms with Crippen molar-refractivity contribution in [3.8, 4) is 5.75 Å². The molecule has 3 heteroatoms. The lowest BCUT2D eigenvalue weighted by atomic mass is 9.89. The van der Waals surface area contributed by atoms with Gasteiger partial charge in [-0.25, -0.2) is 0 Å². The minimum absolute atomic E-state index is 0.0719. The topological polar surface area (TPSA) is 41.5 Å². The van der Waals surface area contributed by atoms with Crippen LogP contribution in [0.5, 0.6) is 5.75 Å². The third-order valence-corrected chi connectivity index (χ3v) is 3.85. The minimum Gasteiger partial charge on any atom is -0.487 e. The molecule has 0 saturated heterocycles. The average molecular weight is 277 g/mol. The highest BCUT2D eigenvalue weighted by Gasteiger charge is 2.29. The van der Waals surface area contributed by atoms with Crippen molar-refractivity contribution in [3.05, 3.63) is 29.3 Å². The van der Waals surface area contributed by atoms with E-state index < -0.39 is 0 Å². The Balaban J connectivity index is 1.90. The van der Waals surface area contributed by atoms with Gasteiger partial charge in [-0.05, 0) is 42.9 Å². The number of ether oxygens (including phenoxy) is 1. The predicted octanol–water partition coefficient (Wildman–Crippen LogP) is 2.90. The van der Waals surface area contributed by atoms with Crippen LogP contribution in [0.15, 0.2) is 18.2 Å². The van der Waals surface area contributed by atoms with Crippen molar-refractivity contribution in [1.82, 2.24) is 5.32 Å². The summed E-state index contributed by atoms with van der Waals surface area (Å²) in [5.74, 6) is 1.03. The molecule has 3 nitrogen and oxygen atoms in total. The second-order valence-electron chi connectivity index (χ2n) is 7.22. The summed E-state index contributed by atoms with van der Waals surface area (Å²) in [4.78, 5) is 0. The maximum atomic E-state index is 9.03. The number of hydrogen-bond acceptors (Lipinski definition) is 3. The molecule has 0 atom stereocenters. The summed E-state index contributed by atoms with van der Waals surface area (Å²) in [5.41, 5.74) is 2.67. The molecule has 0 fully saturated rings. The van der Waals surface area contributed by atoms with E-state index in [1.54, 1.807) is 0 Å². The highest BCUT2D eigenvalue weighted by Crippen LogP contribution is 2.35. The molecule has 0 radical (unpaired) electrons. The summed E-state index contributed by atoms with van der Waals surface area (Å²) in [5, 5.41) is 12.5. The Bertz CT molecular complexity index is 466. The Morgan fingerprint density at radius 3 is 2.80 bits per heavy atom. The van der Waals surface area contributed by atoms with Crippen molar-refractivity contribution in [2.24, 2.45) is 5.41 Å². The predicted molar refractivity (Wildman–Crippen MR) is 82.0 cm³/mol. The molecule has 0 aromatic heterocycles. The molecule has 1 aliphatic rings. The molecule has 1 aliphatic heterocycles. The minimum atomic E-state index is -0.0719. The number of hydrogen-bond donors (Lipinski definition) is 2. The number of fused-ring (bicyclic) bond motifs is 1. The van der Waals surface area contributed by atoms with Gasteiger partial charge in [0, 0.05) is 26.1 Å². The normalized spacial score (nSPS) is 16.9. The summed E-state index contributed by atoms with van der Waals surface area (Å²) in [7, 11) is 0. The van der Waals surface area contributed by atoms with Crippen LogP contribution in [0.4, 0.5) is 0 Å². The smallest absolute Gasteiger partial charge is 0.123 e. The molecule has 0 saturated carbocycles. The fourth-order valence-electron chi connectivity index (χ4n) is 2.71. The van der Waals surface area contributed by atoms with E-state index in [4.69, 9.17) is 9.84 Å². The van der Waals surface area contributed by atoms with Gasteiger partial charge in [0.2, 0.25) is 0 Å². The zero-order valence-electron chi connectivity index (χ0n) is 13.1. The highest BCUT2D eigenvalue weighted by molar-refractivity contribution is 5.41. The number of aliphatic hydroxyl groups excluding tert-OH is 1. The lowest BCUT2D eigenvalue weighted by Gasteiger charge is -2.24. The monoisotopic (exact) mass is 277 g/mol. The molecule has 0 amide bonds. The van der Waals surface area contributed by atoms with Crippen molar-refractivity contribution in [2.75, 3.05) is 13.2 Å². The van der Waals surface area contributed by atoms with Gasteiger partial charge in [-0.2, -0.15) is 0 Å². The Morgan fingerprint density at radius 2 is 2.10 bits per heavy atom. The van der Waals surface area contributed by atoms with Gasteiger partial charge < -0.3 is 15.2 Å². The summed E-state index contributed by atoms with van der Waals surface area (Å²) < 4.78 is 5.89. The van der Waals surface area contributed by atoms with Crippen LogP contribution in [0.3, 0.4) is 0 Å². The molecule has 112 valence electrons. The van der Waals surface area contributed by atoms with Gasteiger partial charge in [0.25, 0.3) is 0 Å². The zero-order valence-corrected chi connectivity index (χ0v) is 13.1. The molecule has 0 bridgehead atoms. The summed E-state index contributed by atoms with van der Waals surface area (Å²) in [6.07, 6.45) is 1.80. The Hall–Kier alpha value is -1.06. The zero-order chi connectivity index (χ0) is 14.8. The standard InChI is InChI=1S/C17H27NO2/c1-16(2,7-8-19)12-18-11-13-5-6-15-14(9-13)10-17(3,4)20-15/h5-6,9,18-19H,7-8,10-12H2,1-4H3. The van der Waals surface area contributed by atoms with Gasteiger partial charge in [-0.3, -0.25) is 0 Å². The van der Waals surface area contributed by atoms with E-state index in [0.717, 1.165) is 31.7 Å². The van der Waals surface area contributed by atoms with Crippen LogP contribution < -0.4 is 10.1 Å². The first kappa shape index (κ1) is 15.3. The van der Waals surface area contributed by atoms with E-state index in [-0.39, 0.29) is 17.6 Å². The largest absolute Gasteiger partial charge is 0.487 e. The molecule has 1 heterocycles. The quantitative estimate of drug-likeness (QED) is 0.840. The van der Waals surface area contributed by atoms with Crippen molar-refractivity contribution in [3.63, 3.8) is 0 Å². The molecule has 2 N–H and O–H groups in total. The fraction of sp³-hybridized carbons (Fsp3) is 0.647. The molecule has 1 aromatic rings. The average Bonchev–Trinajstić information content (AvgIpc) is 2.61. The van der Waals surface area contributed by atoms with Crippen molar-refractivity contribution >= 4 is 0 Å². The number of benzene rings is 1. The third kappa shape index (κ3) is 3.97. The van der Waals surface area contributed by atoms with Crippen molar-refractivity contribution in [2.45, 2.75) is 52.7 Å². The Morgan fingerprint density at radius 1 is 1.35 bits per heavy atom. The van der Waals surface area contributed by atoms with Crippen LogP contribution in [0.2, 0.25) is 0 Å². The van der Waals surface area contributed by atoms with E-state index >= 15 is 0 Å². The van der Waals surface area contributed by atoms with Gasteiger partial charge in [-0.1, -0.05) is 26.0 Å². The Kier molecular flexibility index (Phi) is 4.40. The maximum absolute atomic E-state index is 9.03. The summed E-state index contributed by atoms with van der Waals surface area (Å²) in [6.45, 7) is 10.6. The van der Waals surface area contributed by atoms with Crippen LogP contribution in [0.1, 0.15) is 45.2 Å². The van der Waals surface area contributed by atoms with E-state index in [9.17, 15) is 0 Å². The molecule has 1 aromatic carbocycles. The van der Waals surface area contributed by atoms with Crippen LogP contribution in [0, 0.1) is 5.41 Å². The van der Waals surface area contributed by atoms with E-state index in [0.29, 0.717) is 0 Å². The molecular formula is C17H27NO2. The van der Waals surface area contributed by atoms with Crippen LogP contribution in [0.25, 0.3) is 0 Å². The first-order valence-electron chi connectivity index (χ1n) is 7.44. The van der Waals surface area contributed by atoms with Gasteiger partial charge in [0.1, 0.15) is 11.4 Å². The summed E-state index contributed by atoms with van der Waals surface area (Å²) in [6, 6.07) is 6.46. The lowest BCUT2D eigenvalue weighted by molar-refractivity contribution is 0.138. The van der Waals surface area contributed by atoms with Gasteiger partial charge in [-0.15, -0.1) is 0 Å². The first-order chi connectivity index (χ1) is 9.31. The van der Waals surface area contributed by atoms with Crippen LogP contribution in [-0.2, 0) is 13.0 Å². The maximum Gasteiger partial charge on any atom is 0.123 e. The van der Waals surface area contributed by atoms with E-state index in [2.05, 4.69) is 51.2 Å². The van der Waals surface area contributed by atoms with Crippen LogP contribution >= 0.6 is 0 Å². The lowest BCUT2D eigenvalue weighted by Crippen LogP contribution is -2.29. The van der Waals surface area contributed by atoms with Crippen molar-refractivity contribution < 1.29 is 9.84 Å². The number of rotatable bonds is 6. The van der Waals surface area contributed by atoms with E-state index in [1.165, 1.54) is 11.1 Å². The number of aliphatic hydroxyl groups is 1. The Labute approximate surface area is 122 Å². The highest BCUT2D eigenvalue weighted by atomic mass is 16.5. The molecular weight excluding hydrogens is 250 g/mol. The molecule has 0 unspecified atom stereocenters. The molecule has 20 heavy (non-hydrogen) atoms. The second kappa shape index (κ2) is 5.74. The van der Waals surface area contributed by atoms with E-state index in [1.807, 2.05) is 0 Å². The van der Waals surface area contributed by atoms with Gasteiger partial charge in [0.05, 0.1) is 0 Å². The third-order valence-electron chi connectivity index (χ3n) is 3.85.